The third-order valence-corrected chi connectivity index (χ3v) is 8.81. The Kier molecular flexibility index (Phi) is 11.2. The summed E-state index contributed by atoms with van der Waals surface area (Å²) in [6.07, 6.45) is 0.466. The van der Waals surface area contributed by atoms with Crippen LogP contribution in [0, 0.1) is 5.92 Å². The molecule has 2 aliphatic rings. The van der Waals surface area contributed by atoms with Crippen molar-refractivity contribution < 1.29 is 38.4 Å². The van der Waals surface area contributed by atoms with E-state index in [4.69, 9.17) is 23.9 Å². The first kappa shape index (κ1) is 37.1. The highest BCUT2D eigenvalue weighted by molar-refractivity contribution is 5.96. The van der Waals surface area contributed by atoms with Crippen molar-refractivity contribution in [2.75, 3.05) is 33.9 Å². The van der Waals surface area contributed by atoms with Gasteiger partial charge in [0.25, 0.3) is 0 Å². The van der Waals surface area contributed by atoms with E-state index in [1.54, 1.807) is 54.0 Å². The maximum atomic E-state index is 14.2. The molecule has 0 unspecified atom stereocenters. The molecule has 13 nitrogen and oxygen atoms in total. The Morgan fingerprint density at radius 2 is 1.92 bits per heavy atom. The molecular weight excluding hydrogens is 654 g/mol. The molecule has 1 aliphatic heterocycles. The monoisotopic (exact) mass is 700 g/mol. The smallest absolute Gasteiger partial charge is 0.332 e. The zero-order chi connectivity index (χ0) is 36.9. The number of fused-ring (bicyclic) bond motifs is 1. The number of aromatic nitrogens is 1. The molecule has 2 heterocycles. The second-order valence-corrected chi connectivity index (χ2v) is 13.6. The normalized spacial score (nSPS) is 22.2. The fourth-order valence-electron chi connectivity index (χ4n) is 6.27. The van der Waals surface area contributed by atoms with E-state index in [1.165, 1.54) is 4.90 Å². The van der Waals surface area contributed by atoms with E-state index in [0.29, 0.717) is 34.5 Å². The summed E-state index contributed by atoms with van der Waals surface area (Å²) in [5.41, 5.74) is 0.0658. The summed E-state index contributed by atoms with van der Waals surface area (Å²) in [5.74, 6) is -0.889. The van der Waals surface area contributed by atoms with E-state index in [-0.39, 0.29) is 32.0 Å². The summed E-state index contributed by atoms with van der Waals surface area (Å²) in [5, 5.41) is 19.2. The Labute approximate surface area is 298 Å². The molecule has 1 aromatic heterocycles. The molecule has 2 N–H and O–H groups in total. The number of nitrogens with one attached hydrogen (secondary N) is 2. The highest BCUT2D eigenvalue weighted by atomic mass is 16.6. The number of nitrogens with zero attached hydrogens (tertiary/aromatic N) is 3. The van der Waals surface area contributed by atoms with Crippen LogP contribution in [0.3, 0.4) is 0 Å². The summed E-state index contributed by atoms with van der Waals surface area (Å²) in [6.45, 7) is 10.8. The fourth-order valence-corrected chi connectivity index (χ4v) is 6.27. The van der Waals surface area contributed by atoms with Crippen molar-refractivity contribution >= 4 is 34.8 Å². The lowest BCUT2D eigenvalue weighted by molar-refractivity contribution is -0.261. The Balaban J connectivity index is 1.50. The van der Waals surface area contributed by atoms with E-state index in [2.05, 4.69) is 22.2 Å². The zero-order valence-corrected chi connectivity index (χ0v) is 29.9. The van der Waals surface area contributed by atoms with Gasteiger partial charge in [-0.25, -0.2) is 9.78 Å². The molecule has 0 spiro atoms. The van der Waals surface area contributed by atoms with Crippen LogP contribution in [-0.2, 0) is 23.9 Å². The zero-order valence-electron chi connectivity index (χ0n) is 29.9. The van der Waals surface area contributed by atoms with Crippen LogP contribution in [0.15, 0.2) is 72.2 Å². The highest BCUT2D eigenvalue weighted by Crippen LogP contribution is 2.46. The molecule has 2 amide bonds. The van der Waals surface area contributed by atoms with E-state index in [9.17, 15) is 19.5 Å². The average molecular weight is 701 g/mol. The van der Waals surface area contributed by atoms with Crippen LogP contribution in [0.25, 0.3) is 22.2 Å². The largest absolute Gasteiger partial charge is 0.595 e. The molecule has 3 aromatic rings. The molecule has 1 saturated carbocycles. The minimum Gasteiger partial charge on any atom is -0.595 e. The van der Waals surface area contributed by atoms with E-state index in [0.717, 1.165) is 5.56 Å². The van der Waals surface area contributed by atoms with Crippen molar-refractivity contribution in [3.05, 3.63) is 67.3 Å². The number of likely N-dealkylation sites (N-methyl/N-ethyl adjacent to an activating group) is 1. The van der Waals surface area contributed by atoms with Crippen LogP contribution >= 0.6 is 0 Å². The van der Waals surface area contributed by atoms with Gasteiger partial charge < -0.3 is 39.6 Å². The Morgan fingerprint density at radius 3 is 2.55 bits per heavy atom. The van der Waals surface area contributed by atoms with E-state index >= 15 is 0 Å². The lowest BCUT2D eigenvalue weighted by atomic mass is 10.1. The minimum absolute atomic E-state index is 0.00108. The lowest BCUT2D eigenvalue weighted by Gasteiger charge is -2.31. The van der Waals surface area contributed by atoms with Crippen LogP contribution in [0.4, 0.5) is 0 Å². The topological polar surface area (TPSA) is 164 Å². The van der Waals surface area contributed by atoms with E-state index < -0.39 is 53.2 Å². The molecule has 0 bridgehead atoms. The van der Waals surface area contributed by atoms with E-state index in [1.807, 2.05) is 48.5 Å². The van der Waals surface area contributed by atoms with Crippen LogP contribution in [0.1, 0.15) is 40.5 Å². The molecule has 5 rings (SSSR count). The second kappa shape index (κ2) is 15.4. The van der Waals surface area contributed by atoms with Gasteiger partial charge in [-0.05, 0) is 32.5 Å². The average Bonchev–Trinajstić information content (AvgIpc) is 3.66. The molecular formula is C38H46N5O8-. The van der Waals surface area contributed by atoms with Gasteiger partial charge in [-0.3, -0.25) is 14.6 Å². The van der Waals surface area contributed by atoms with Crippen molar-refractivity contribution in [1.82, 2.24) is 20.5 Å². The number of methoxy groups -OCH3 is 1. The lowest BCUT2D eigenvalue weighted by Crippen LogP contribution is -2.55. The number of benzene rings is 2. The molecule has 5 atom stereocenters. The Morgan fingerprint density at radius 1 is 1.18 bits per heavy atom. The highest BCUT2D eigenvalue weighted by Gasteiger charge is 2.62. The number of amides is 2. The molecule has 1 saturated heterocycles. The first-order chi connectivity index (χ1) is 24.3. The van der Waals surface area contributed by atoms with Gasteiger partial charge in [0.15, 0.2) is 0 Å². The van der Waals surface area contributed by atoms with Gasteiger partial charge in [0.1, 0.15) is 41.3 Å². The molecule has 51 heavy (non-hydrogen) atoms. The number of ether oxygens (including phenoxy) is 4. The summed E-state index contributed by atoms with van der Waals surface area (Å²) in [7, 11) is 3.21. The SMILES string of the molecule is C=C[C@@H]1C[C@]1(NC(=O)[C@@H]1C[C@@H](Oc2cc(-c3ccccc3)nc3cc(OC)ccc23)CN1C(=O)[C@H](CNC)N=C([O-])OC(C)(C)C)C(=O)OCC. The third kappa shape index (κ3) is 8.42. The summed E-state index contributed by atoms with van der Waals surface area (Å²) < 4.78 is 22.8. The Hall–Kier alpha value is -5.17. The number of hydrogen-bond donors (Lipinski definition) is 2. The van der Waals surface area contributed by atoms with Crippen LogP contribution in [0.5, 0.6) is 11.5 Å². The van der Waals surface area contributed by atoms with Gasteiger partial charge in [-0.1, -0.05) is 57.2 Å². The van der Waals surface area contributed by atoms with Crippen molar-refractivity contribution in [1.29, 1.82) is 0 Å². The first-order valence-electron chi connectivity index (χ1n) is 17.0. The predicted octanol–water partition coefficient (Wildman–Crippen LogP) is 3.00. The summed E-state index contributed by atoms with van der Waals surface area (Å²) in [4.78, 5) is 51.7. The second-order valence-electron chi connectivity index (χ2n) is 13.6. The summed E-state index contributed by atoms with van der Waals surface area (Å²) in [6, 6.07) is 14.7. The van der Waals surface area contributed by atoms with Crippen molar-refractivity contribution in [3.8, 4) is 22.8 Å². The maximum absolute atomic E-state index is 14.2. The molecule has 13 heteroatoms. The standard InChI is InChI=1S/C38H47N5O8/c1-8-24-20-38(24,35(46)49-9-2)42-33(44)31-18-26(22-43(31)34(45)30(21-39-6)41-36(47)51-37(3,4)5)50-32-19-28(23-13-11-10-12-14-23)40-29-17-25(48-7)15-16-27(29)32/h8,10-17,19,24,26,30-31,39H,1,9,18,20-22H2,2-7H3,(H,41,47)(H,42,44)/p-1/t24-,26-,30+,31+,38-/m1/s1. The van der Waals surface area contributed by atoms with Gasteiger partial charge in [-0.2, -0.15) is 0 Å². The van der Waals surface area contributed by atoms with Crippen LogP contribution < -0.4 is 25.2 Å². The number of aliphatic imine (C=N–C) groups is 1. The minimum atomic E-state index is -1.28. The van der Waals surface area contributed by atoms with Crippen molar-refractivity contribution in [2.24, 2.45) is 10.9 Å². The van der Waals surface area contributed by atoms with Crippen molar-refractivity contribution in [2.45, 2.75) is 69.9 Å². The molecule has 2 fully saturated rings. The number of hydrogen-bond acceptors (Lipinski definition) is 11. The number of rotatable bonds is 13. The maximum Gasteiger partial charge on any atom is 0.332 e. The molecule has 272 valence electrons. The van der Waals surface area contributed by atoms with Gasteiger partial charge >= 0.3 is 5.97 Å². The van der Waals surface area contributed by atoms with Crippen LogP contribution in [0.2, 0.25) is 0 Å². The molecule has 1 aliphatic carbocycles. The van der Waals surface area contributed by atoms with Gasteiger partial charge in [-0.15, -0.1) is 6.58 Å². The number of likely N-dealkylation sites (tertiary alicyclic amines) is 1. The number of pyridine rings is 1. The predicted molar refractivity (Wildman–Crippen MR) is 190 cm³/mol. The molecule has 2 aromatic carbocycles. The number of carbonyl (C=O) groups is 3. The number of esters is 1. The first-order valence-corrected chi connectivity index (χ1v) is 17.0. The number of carbonyl (C=O) groups excluding carboxylic acids is 3. The molecule has 0 radical (unpaired) electrons. The van der Waals surface area contributed by atoms with Crippen molar-refractivity contribution in [3.63, 3.8) is 0 Å². The summed E-state index contributed by atoms with van der Waals surface area (Å²) >= 11 is 0. The quantitative estimate of drug-likeness (QED) is 0.117. The van der Waals surface area contributed by atoms with Gasteiger partial charge in [0.2, 0.25) is 11.8 Å². The van der Waals surface area contributed by atoms with Crippen LogP contribution in [-0.4, -0.2) is 96.9 Å². The van der Waals surface area contributed by atoms with Gasteiger partial charge in [0.05, 0.1) is 31.5 Å². The van der Waals surface area contributed by atoms with Gasteiger partial charge in [0, 0.05) is 47.6 Å². The third-order valence-electron chi connectivity index (χ3n) is 8.81. The Bertz CT molecular complexity index is 1790. The fraction of sp³-hybridized carbons (Fsp3) is 0.447.